The van der Waals surface area contributed by atoms with Crippen LogP contribution in [0, 0.1) is 13.8 Å². The summed E-state index contributed by atoms with van der Waals surface area (Å²) in [6.07, 6.45) is 1.68. The number of hydrogen-bond acceptors (Lipinski definition) is 6. The minimum absolute atomic E-state index is 0.500. The number of halogens is 1. The van der Waals surface area contributed by atoms with Crippen molar-refractivity contribution >= 4 is 34.3 Å². The van der Waals surface area contributed by atoms with Crippen molar-refractivity contribution in [1.29, 1.82) is 0 Å². The summed E-state index contributed by atoms with van der Waals surface area (Å²) < 4.78 is 11.1. The van der Waals surface area contributed by atoms with Crippen LogP contribution in [0.3, 0.4) is 0 Å². The summed E-state index contributed by atoms with van der Waals surface area (Å²) >= 11 is 7.84. The lowest BCUT2D eigenvalue weighted by Crippen LogP contribution is -2.00. The van der Waals surface area contributed by atoms with Gasteiger partial charge in [-0.05, 0) is 45.4 Å². The molecule has 0 unspecified atom stereocenters. The third-order valence-corrected chi connectivity index (χ3v) is 4.28. The lowest BCUT2D eigenvalue weighted by Gasteiger charge is -2.13. The van der Waals surface area contributed by atoms with Crippen LogP contribution in [0.25, 0.3) is 0 Å². The number of nitrogens with zero attached hydrogens (tertiary/aromatic N) is 2. The first kappa shape index (κ1) is 17.6. The molecule has 0 amide bonds. The lowest BCUT2D eigenvalue weighted by molar-refractivity contribution is 0.288. The highest BCUT2D eigenvalue weighted by Gasteiger charge is 2.11. The monoisotopic (exact) mass is 353 g/mol. The van der Waals surface area contributed by atoms with Crippen LogP contribution in [0.4, 0.5) is 5.13 Å². The van der Waals surface area contributed by atoms with E-state index in [1.807, 2.05) is 33.8 Å². The second kappa shape index (κ2) is 8.17. The molecule has 0 bridgehead atoms. The van der Waals surface area contributed by atoms with E-state index in [1.165, 1.54) is 4.88 Å². The van der Waals surface area contributed by atoms with Gasteiger partial charge >= 0.3 is 0 Å². The molecule has 7 heteroatoms. The first-order chi connectivity index (χ1) is 11.0. The Bertz CT molecular complexity index is 681. The van der Waals surface area contributed by atoms with E-state index in [2.05, 4.69) is 15.5 Å². The minimum Gasteiger partial charge on any atom is -0.490 e. The molecular weight excluding hydrogens is 334 g/mol. The van der Waals surface area contributed by atoms with E-state index in [-0.39, 0.29) is 0 Å². The molecule has 0 saturated heterocycles. The summed E-state index contributed by atoms with van der Waals surface area (Å²) in [6.45, 7) is 8.89. The number of aryl methyl sites for hydroxylation is 2. The van der Waals surface area contributed by atoms with E-state index in [0.717, 1.165) is 16.4 Å². The first-order valence-corrected chi connectivity index (χ1v) is 8.56. The zero-order valence-electron chi connectivity index (χ0n) is 13.6. The Morgan fingerprint density at radius 2 is 2.00 bits per heavy atom. The van der Waals surface area contributed by atoms with E-state index in [1.54, 1.807) is 23.6 Å². The van der Waals surface area contributed by atoms with Crippen LogP contribution in [-0.2, 0) is 0 Å². The minimum atomic E-state index is 0.500. The highest BCUT2D eigenvalue weighted by molar-refractivity contribution is 7.15. The van der Waals surface area contributed by atoms with E-state index in [4.69, 9.17) is 21.1 Å². The number of benzene rings is 1. The number of nitrogens with one attached hydrogen (secondary N) is 1. The Hall–Kier alpha value is -1.79. The van der Waals surface area contributed by atoms with Gasteiger partial charge in [-0.1, -0.05) is 11.6 Å². The van der Waals surface area contributed by atoms with Crippen LogP contribution in [-0.4, -0.2) is 24.4 Å². The Kier molecular flexibility index (Phi) is 6.24. The average Bonchev–Trinajstić information content (AvgIpc) is 2.81. The maximum Gasteiger partial charge on any atom is 0.203 e. The molecule has 0 aliphatic carbocycles. The van der Waals surface area contributed by atoms with Gasteiger partial charge in [0.1, 0.15) is 0 Å². The molecule has 124 valence electrons. The molecule has 0 fully saturated rings. The first-order valence-electron chi connectivity index (χ1n) is 7.37. The third kappa shape index (κ3) is 4.59. The summed E-state index contributed by atoms with van der Waals surface area (Å²) in [5.41, 5.74) is 4.76. The predicted octanol–water partition coefficient (Wildman–Crippen LogP) is 4.66. The topological polar surface area (TPSA) is 55.7 Å². The quantitative estimate of drug-likeness (QED) is 0.581. The van der Waals surface area contributed by atoms with E-state index in [9.17, 15) is 0 Å². The maximum atomic E-state index is 6.27. The molecule has 23 heavy (non-hydrogen) atoms. The van der Waals surface area contributed by atoms with Crippen molar-refractivity contribution in [3.63, 3.8) is 0 Å². The molecule has 0 atom stereocenters. The van der Waals surface area contributed by atoms with Gasteiger partial charge in [-0.2, -0.15) is 5.10 Å². The van der Waals surface area contributed by atoms with Crippen molar-refractivity contribution in [2.75, 3.05) is 18.6 Å². The lowest BCUT2D eigenvalue weighted by atomic mass is 10.2. The summed E-state index contributed by atoms with van der Waals surface area (Å²) in [4.78, 5) is 5.54. The van der Waals surface area contributed by atoms with Crippen LogP contribution >= 0.6 is 22.9 Å². The molecule has 1 heterocycles. The SMILES string of the molecule is CCOc1cc(/C=N\Nc2nc(C)c(C)s2)cc(Cl)c1OCC. The molecule has 1 aromatic heterocycles. The maximum absolute atomic E-state index is 6.27. The molecule has 2 aromatic rings. The highest BCUT2D eigenvalue weighted by atomic mass is 35.5. The molecule has 0 radical (unpaired) electrons. The molecule has 1 N–H and O–H groups in total. The van der Waals surface area contributed by atoms with Gasteiger partial charge in [0.05, 0.1) is 30.1 Å². The summed E-state index contributed by atoms with van der Waals surface area (Å²) in [6, 6.07) is 3.64. The second-order valence-corrected chi connectivity index (χ2v) is 6.34. The number of aromatic nitrogens is 1. The molecule has 0 saturated carbocycles. The fourth-order valence-corrected chi connectivity index (χ4v) is 2.93. The molecule has 0 aliphatic heterocycles. The zero-order valence-corrected chi connectivity index (χ0v) is 15.2. The smallest absolute Gasteiger partial charge is 0.203 e. The van der Waals surface area contributed by atoms with Gasteiger partial charge < -0.3 is 9.47 Å². The van der Waals surface area contributed by atoms with E-state index < -0.39 is 0 Å². The summed E-state index contributed by atoms with van der Waals surface area (Å²) in [7, 11) is 0. The summed E-state index contributed by atoms with van der Waals surface area (Å²) in [5.74, 6) is 1.18. The largest absolute Gasteiger partial charge is 0.490 e. The van der Waals surface area contributed by atoms with E-state index >= 15 is 0 Å². The van der Waals surface area contributed by atoms with Gasteiger partial charge in [0.15, 0.2) is 11.5 Å². The molecule has 0 spiro atoms. The number of hydrogen-bond donors (Lipinski definition) is 1. The number of ether oxygens (including phenoxy) is 2. The number of rotatable bonds is 7. The van der Waals surface area contributed by atoms with Crippen molar-refractivity contribution in [3.05, 3.63) is 33.3 Å². The van der Waals surface area contributed by atoms with Crippen LogP contribution in [0.5, 0.6) is 11.5 Å². The van der Waals surface area contributed by atoms with E-state index in [0.29, 0.717) is 29.7 Å². The fourth-order valence-electron chi connectivity index (χ4n) is 1.89. The number of hydrazone groups is 1. The highest BCUT2D eigenvalue weighted by Crippen LogP contribution is 2.36. The standard InChI is InChI=1S/C16H20ClN3O2S/c1-5-21-14-8-12(7-13(17)15(14)22-6-2)9-18-20-16-19-10(3)11(4)23-16/h7-9H,5-6H2,1-4H3,(H,19,20)/b18-9-. The van der Waals surface area contributed by atoms with Gasteiger partial charge in [-0.3, -0.25) is 5.43 Å². The molecular formula is C16H20ClN3O2S. The average molecular weight is 354 g/mol. The van der Waals surface area contributed by atoms with Crippen LogP contribution in [0.1, 0.15) is 30.0 Å². The number of thiazole rings is 1. The van der Waals surface area contributed by atoms with Gasteiger partial charge in [0.25, 0.3) is 0 Å². The Labute approximate surface area is 145 Å². The fraction of sp³-hybridized carbons (Fsp3) is 0.375. The predicted molar refractivity (Wildman–Crippen MR) is 96.6 cm³/mol. The van der Waals surface area contributed by atoms with Gasteiger partial charge in [0.2, 0.25) is 5.13 Å². The third-order valence-electron chi connectivity index (χ3n) is 3.02. The van der Waals surface area contributed by atoms with Crippen LogP contribution < -0.4 is 14.9 Å². The van der Waals surface area contributed by atoms with Crippen molar-refractivity contribution < 1.29 is 9.47 Å². The van der Waals surface area contributed by atoms with Crippen molar-refractivity contribution in [2.24, 2.45) is 5.10 Å². The molecule has 5 nitrogen and oxygen atoms in total. The van der Waals surface area contributed by atoms with Crippen LogP contribution in [0.2, 0.25) is 5.02 Å². The van der Waals surface area contributed by atoms with Gasteiger partial charge in [0, 0.05) is 4.88 Å². The Balaban J connectivity index is 2.17. The molecule has 0 aliphatic rings. The molecule has 2 rings (SSSR count). The molecule has 1 aromatic carbocycles. The Morgan fingerprint density at radius 1 is 1.26 bits per heavy atom. The van der Waals surface area contributed by atoms with Crippen molar-refractivity contribution in [2.45, 2.75) is 27.7 Å². The van der Waals surface area contributed by atoms with Gasteiger partial charge in [-0.25, -0.2) is 4.98 Å². The normalized spacial score (nSPS) is 11.0. The second-order valence-electron chi connectivity index (χ2n) is 4.73. The summed E-state index contributed by atoms with van der Waals surface area (Å²) in [5, 5.41) is 5.46. The van der Waals surface area contributed by atoms with Gasteiger partial charge in [-0.15, -0.1) is 11.3 Å². The number of anilines is 1. The van der Waals surface area contributed by atoms with Crippen molar-refractivity contribution in [1.82, 2.24) is 4.98 Å². The van der Waals surface area contributed by atoms with Crippen molar-refractivity contribution in [3.8, 4) is 11.5 Å². The zero-order chi connectivity index (χ0) is 16.8. The Morgan fingerprint density at radius 3 is 2.61 bits per heavy atom. The van der Waals surface area contributed by atoms with Crippen LogP contribution in [0.15, 0.2) is 17.2 Å².